The molecule has 2 aromatic carbocycles. The lowest BCUT2D eigenvalue weighted by molar-refractivity contribution is -0.115. The van der Waals surface area contributed by atoms with Gasteiger partial charge in [-0.2, -0.15) is 0 Å². The van der Waals surface area contributed by atoms with Crippen molar-refractivity contribution in [2.45, 2.75) is 24.0 Å². The first-order valence-corrected chi connectivity index (χ1v) is 10.6. The van der Waals surface area contributed by atoms with Crippen LogP contribution in [0.3, 0.4) is 0 Å². The topological polar surface area (TPSA) is 71.1 Å². The Bertz CT molecular complexity index is 989. The molecule has 0 aliphatic heterocycles. The molecule has 0 aliphatic rings. The fraction of sp³-hybridized carbons (Fsp3) is 0.150. The third kappa shape index (κ3) is 5.58. The van der Waals surface area contributed by atoms with Gasteiger partial charge in [-0.15, -0.1) is 23.1 Å². The number of rotatable bonds is 6. The van der Waals surface area contributed by atoms with Gasteiger partial charge in [-0.25, -0.2) is 4.98 Å². The number of carbonyl (C=O) groups is 2. The number of nitrogens with one attached hydrogen (secondary N) is 2. The Hall–Kier alpha value is -2.35. The first kappa shape index (κ1) is 20.4. The van der Waals surface area contributed by atoms with E-state index in [2.05, 4.69) is 15.6 Å². The summed E-state index contributed by atoms with van der Waals surface area (Å²) in [4.78, 5) is 29.1. The minimum Gasteiger partial charge on any atom is -0.326 e. The molecule has 0 fully saturated rings. The third-order valence-electron chi connectivity index (χ3n) is 3.71. The summed E-state index contributed by atoms with van der Waals surface area (Å²) in [6.45, 7) is 3.29. The Morgan fingerprint density at radius 3 is 2.61 bits per heavy atom. The summed E-state index contributed by atoms with van der Waals surface area (Å²) in [6, 6.07) is 14.8. The fourth-order valence-electron chi connectivity index (χ4n) is 2.40. The van der Waals surface area contributed by atoms with E-state index in [1.165, 1.54) is 30.0 Å². The van der Waals surface area contributed by atoms with Gasteiger partial charge in [0.1, 0.15) is 0 Å². The van der Waals surface area contributed by atoms with Crippen molar-refractivity contribution in [3.8, 4) is 11.3 Å². The molecule has 0 saturated heterocycles. The monoisotopic (exact) mass is 431 g/mol. The van der Waals surface area contributed by atoms with E-state index in [0.717, 1.165) is 16.2 Å². The van der Waals surface area contributed by atoms with E-state index in [1.54, 1.807) is 0 Å². The van der Waals surface area contributed by atoms with Gasteiger partial charge in [-0.3, -0.25) is 9.59 Å². The zero-order valence-electron chi connectivity index (χ0n) is 15.2. The van der Waals surface area contributed by atoms with Crippen LogP contribution in [0.4, 0.5) is 10.8 Å². The van der Waals surface area contributed by atoms with E-state index < -0.39 is 0 Å². The van der Waals surface area contributed by atoms with E-state index in [1.807, 2.05) is 60.8 Å². The van der Waals surface area contributed by atoms with Gasteiger partial charge in [0.05, 0.1) is 10.9 Å². The van der Waals surface area contributed by atoms with Crippen LogP contribution in [0.1, 0.15) is 13.8 Å². The second kappa shape index (κ2) is 9.23. The Balaban J connectivity index is 1.62. The molecule has 0 aliphatic carbocycles. The molecule has 3 aromatic rings. The third-order valence-corrected chi connectivity index (χ3v) is 5.81. The summed E-state index contributed by atoms with van der Waals surface area (Å²) in [7, 11) is 0. The quantitative estimate of drug-likeness (QED) is 0.502. The second-order valence-electron chi connectivity index (χ2n) is 6.00. The van der Waals surface area contributed by atoms with Gasteiger partial charge in [0.2, 0.25) is 11.8 Å². The largest absolute Gasteiger partial charge is 0.326 e. The maximum absolute atomic E-state index is 12.5. The molecule has 8 heteroatoms. The maximum atomic E-state index is 12.5. The number of nitrogens with zero attached hydrogens (tertiary/aromatic N) is 1. The number of carbonyl (C=O) groups excluding carboxylic acids is 2. The van der Waals surface area contributed by atoms with E-state index >= 15 is 0 Å². The summed E-state index contributed by atoms with van der Waals surface area (Å²) < 4.78 is 0. The molecule has 2 amide bonds. The molecule has 2 N–H and O–H groups in total. The van der Waals surface area contributed by atoms with Crippen LogP contribution < -0.4 is 10.6 Å². The smallest absolute Gasteiger partial charge is 0.239 e. The number of hydrogen-bond donors (Lipinski definition) is 2. The van der Waals surface area contributed by atoms with Crippen molar-refractivity contribution in [2.75, 3.05) is 10.6 Å². The zero-order chi connectivity index (χ0) is 20.1. The van der Waals surface area contributed by atoms with Crippen molar-refractivity contribution in [3.63, 3.8) is 0 Å². The van der Waals surface area contributed by atoms with E-state index in [9.17, 15) is 9.59 Å². The molecule has 28 heavy (non-hydrogen) atoms. The van der Waals surface area contributed by atoms with Gasteiger partial charge in [-0.1, -0.05) is 29.8 Å². The highest BCUT2D eigenvalue weighted by atomic mass is 35.5. The average molecular weight is 432 g/mol. The van der Waals surface area contributed by atoms with Crippen molar-refractivity contribution in [2.24, 2.45) is 0 Å². The van der Waals surface area contributed by atoms with Gasteiger partial charge < -0.3 is 10.6 Å². The van der Waals surface area contributed by atoms with Gasteiger partial charge in [0, 0.05) is 33.5 Å². The van der Waals surface area contributed by atoms with Gasteiger partial charge in [0.25, 0.3) is 0 Å². The van der Waals surface area contributed by atoms with Crippen LogP contribution >= 0.6 is 34.7 Å². The van der Waals surface area contributed by atoms with Gasteiger partial charge in [0.15, 0.2) is 5.13 Å². The van der Waals surface area contributed by atoms with Crippen molar-refractivity contribution < 1.29 is 9.59 Å². The first-order chi connectivity index (χ1) is 13.4. The van der Waals surface area contributed by atoms with Crippen LogP contribution in [0, 0.1) is 0 Å². The highest BCUT2D eigenvalue weighted by molar-refractivity contribution is 8.00. The Morgan fingerprint density at radius 2 is 1.89 bits per heavy atom. The minimum absolute atomic E-state index is 0.131. The van der Waals surface area contributed by atoms with Gasteiger partial charge in [-0.05, 0) is 37.3 Å². The van der Waals surface area contributed by atoms with Crippen molar-refractivity contribution in [3.05, 3.63) is 58.9 Å². The highest BCUT2D eigenvalue weighted by Crippen LogP contribution is 2.29. The van der Waals surface area contributed by atoms with Crippen LogP contribution in [-0.4, -0.2) is 22.0 Å². The van der Waals surface area contributed by atoms with Crippen LogP contribution in [0.15, 0.2) is 58.8 Å². The number of benzene rings is 2. The van der Waals surface area contributed by atoms with E-state index in [4.69, 9.17) is 11.6 Å². The zero-order valence-corrected chi connectivity index (χ0v) is 17.6. The number of anilines is 2. The Morgan fingerprint density at radius 1 is 1.14 bits per heavy atom. The molecule has 0 saturated carbocycles. The number of thiazole rings is 1. The Labute approximate surface area is 176 Å². The van der Waals surface area contributed by atoms with Gasteiger partial charge >= 0.3 is 0 Å². The fourth-order valence-corrected chi connectivity index (χ4v) is 4.17. The summed E-state index contributed by atoms with van der Waals surface area (Å²) in [5.74, 6) is -0.264. The molecule has 0 spiro atoms. The number of hydrogen-bond acceptors (Lipinski definition) is 5. The molecule has 1 aromatic heterocycles. The molecule has 5 nitrogen and oxygen atoms in total. The maximum Gasteiger partial charge on any atom is 0.239 e. The number of amides is 2. The summed E-state index contributed by atoms with van der Waals surface area (Å²) in [5.41, 5.74) is 2.44. The molecule has 3 rings (SSSR count). The van der Waals surface area contributed by atoms with Crippen molar-refractivity contribution >= 4 is 57.3 Å². The van der Waals surface area contributed by atoms with Crippen LogP contribution in [0.2, 0.25) is 5.02 Å². The molecule has 1 unspecified atom stereocenters. The number of thioether (sulfide) groups is 1. The van der Waals surface area contributed by atoms with E-state index in [0.29, 0.717) is 15.8 Å². The average Bonchev–Trinajstić information content (AvgIpc) is 3.10. The number of halogens is 1. The standard InChI is InChI=1S/C20H18ClN3O2S2/c1-12(28-17-5-3-4-16(10-17)22-13(2)25)19(26)24-20-23-18(11-27-20)14-6-8-15(21)9-7-14/h3-12H,1-2H3,(H,22,25)(H,23,24,26). The molecular formula is C20H18ClN3O2S2. The molecule has 0 radical (unpaired) electrons. The molecule has 1 heterocycles. The normalized spacial score (nSPS) is 11.7. The predicted octanol–water partition coefficient (Wildman–Crippen LogP) is 5.54. The number of aromatic nitrogens is 1. The predicted molar refractivity (Wildman–Crippen MR) is 117 cm³/mol. The highest BCUT2D eigenvalue weighted by Gasteiger charge is 2.16. The lowest BCUT2D eigenvalue weighted by atomic mass is 10.2. The first-order valence-electron chi connectivity index (χ1n) is 8.47. The molecule has 144 valence electrons. The minimum atomic E-state index is -0.324. The lowest BCUT2D eigenvalue weighted by Gasteiger charge is -2.11. The lowest BCUT2D eigenvalue weighted by Crippen LogP contribution is -2.22. The summed E-state index contributed by atoms with van der Waals surface area (Å²) in [5, 5.41) is 8.39. The molecule has 0 bridgehead atoms. The van der Waals surface area contributed by atoms with Crippen LogP contribution in [0.5, 0.6) is 0 Å². The second-order valence-corrected chi connectivity index (χ2v) is 8.71. The van der Waals surface area contributed by atoms with Crippen LogP contribution in [0.25, 0.3) is 11.3 Å². The SMILES string of the molecule is CC(=O)Nc1cccc(SC(C)C(=O)Nc2nc(-c3ccc(Cl)cc3)cs2)c1. The van der Waals surface area contributed by atoms with Crippen molar-refractivity contribution in [1.82, 2.24) is 4.98 Å². The summed E-state index contributed by atoms with van der Waals surface area (Å²) >= 11 is 8.70. The van der Waals surface area contributed by atoms with Crippen molar-refractivity contribution in [1.29, 1.82) is 0 Å². The Kier molecular flexibility index (Phi) is 6.72. The summed E-state index contributed by atoms with van der Waals surface area (Å²) in [6.07, 6.45) is 0. The molecule has 1 atom stereocenters. The van der Waals surface area contributed by atoms with E-state index in [-0.39, 0.29) is 17.1 Å². The molecular weight excluding hydrogens is 414 g/mol. The van der Waals surface area contributed by atoms with Crippen LogP contribution in [-0.2, 0) is 9.59 Å².